The number of fused-ring (bicyclic) bond motifs is 2. The van der Waals surface area contributed by atoms with E-state index in [1.807, 2.05) is 42.5 Å². The average molecular weight is 437 g/mol. The third kappa shape index (κ3) is 2.74. The van der Waals surface area contributed by atoms with Crippen LogP contribution in [-0.2, 0) is 6.61 Å². The van der Waals surface area contributed by atoms with Crippen LogP contribution in [0.3, 0.4) is 0 Å². The maximum Gasteiger partial charge on any atom is 0.233 e. The zero-order chi connectivity index (χ0) is 15.8. The molecule has 0 saturated carbocycles. The molecule has 0 saturated heterocycles. The van der Waals surface area contributed by atoms with Crippen LogP contribution < -0.4 is 4.74 Å². The van der Waals surface area contributed by atoms with Crippen LogP contribution in [0.5, 0.6) is 5.75 Å². The third-order valence-electron chi connectivity index (χ3n) is 3.43. The Morgan fingerprint density at radius 2 is 2.04 bits per heavy atom. The van der Waals surface area contributed by atoms with Crippen molar-refractivity contribution in [2.75, 3.05) is 0 Å². The second-order valence-electron chi connectivity index (χ2n) is 4.93. The minimum absolute atomic E-state index is 0.234. The van der Waals surface area contributed by atoms with E-state index in [1.165, 1.54) is 0 Å². The Hall–Kier alpha value is -1.86. The molecule has 0 bridgehead atoms. The van der Waals surface area contributed by atoms with Crippen LogP contribution in [0.1, 0.15) is 5.89 Å². The van der Waals surface area contributed by atoms with Gasteiger partial charge in [-0.3, -0.25) is 4.98 Å². The molecular weight excluding hydrogens is 427 g/mol. The summed E-state index contributed by atoms with van der Waals surface area (Å²) in [7, 11) is 0. The van der Waals surface area contributed by atoms with Gasteiger partial charge in [0.1, 0.15) is 11.0 Å². The standard InChI is InChI=1S/C17H10ClIN2O2/c18-11-8-12(19)17(16-10(11)4-3-7-20-16)22-9-15-21-13-5-1-2-6-14(13)23-15/h1-8H,9H2. The highest BCUT2D eigenvalue weighted by Gasteiger charge is 2.13. The molecule has 0 atom stereocenters. The zero-order valence-electron chi connectivity index (χ0n) is 11.8. The van der Waals surface area contributed by atoms with Crippen molar-refractivity contribution in [2.24, 2.45) is 0 Å². The second kappa shape index (κ2) is 5.98. The molecule has 0 aliphatic heterocycles. The van der Waals surface area contributed by atoms with Gasteiger partial charge in [-0.05, 0) is 52.9 Å². The van der Waals surface area contributed by atoms with Crippen molar-refractivity contribution in [3.63, 3.8) is 0 Å². The van der Waals surface area contributed by atoms with Crippen molar-refractivity contribution in [1.82, 2.24) is 9.97 Å². The maximum atomic E-state index is 6.27. The average Bonchev–Trinajstić information content (AvgIpc) is 2.97. The lowest BCUT2D eigenvalue weighted by Crippen LogP contribution is -1.99. The number of hydrogen-bond donors (Lipinski definition) is 0. The van der Waals surface area contributed by atoms with Crippen LogP contribution in [0.15, 0.2) is 53.1 Å². The van der Waals surface area contributed by atoms with Crippen LogP contribution in [-0.4, -0.2) is 9.97 Å². The van der Waals surface area contributed by atoms with Gasteiger partial charge in [-0.1, -0.05) is 23.7 Å². The molecule has 0 aliphatic rings. The van der Waals surface area contributed by atoms with Crippen LogP contribution in [0, 0.1) is 3.57 Å². The highest BCUT2D eigenvalue weighted by molar-refractivity contribution is 14.1. The summed E-state index contributed by atoms with van der Waals surface area (Å²) in [6.45, 7) is 0.234. The summed E-state index contributed by atoms with van der Waals surface area (Å²) in [5.74, 6) is 1.22. The Morgan fingerprint density at radius 1 is 1.17 bits per heavy atom. The lowest BCUT2D eigenvalue weighted by Gasteiger charge is -2.10. The molecule has 114 valence electrons. The topological polar surface area (TPSA) is 48.2 Å². The van der Waals surface area contributed by atoms with Gasteiger partial charge in [0.25, 0.3) is 0 Å². The molecule has 0 radical (unpaired) electrons. The predicted octanol–water partition coefficient (Wildman–Crippen LogP) is 5.21. The summed E-state index contributed by atoms with van der Waals surface area (Å²) in [5, 5.41) is 1.52. The predicted molar refractivity (Wildman–Crippen MR) is 97.8 cm³/mol. The van der Waals surface area contributed by atoms with Crippen LogP contribution >= 0.6 is 34.2 Å². The SMILES string of the molecule is Clc1cc(I)c(OCc2nc3ccccc3o2)c2ncccc12. The first-order chi connectivity index (χ1) is 11.2. The fourth-order valence-electron chi connectivity index (χ4n) is 2.40. The minimum Gasteiger partial charge on any atom is -0.480 e. The first-order valence-corrected chi connectivity index (χ1v) is 8.38. The Kier molecular flexibility index (Phi) is 3.82. The van der Waals surface area contributed by atoms with E-state index in [4.69, 9.17) is 20.8 Å². The molecule has 2 heterocycles. The summed E-state index contributed by atoms with van der Waals surface area (Å²) < 4.78 is 12.5. The number of rotatable bonds is 3. The smallest absolute Gasteiger partial charge is 0.233 e. The molecule has 4 rings (SSSR count). The first-order valence-electron chi connectivity index (χ1n) is 6.92. The van der Waals surface area contributed by atoms with Crippen molar-refractivity contribution in [2.45, 2.75) is 6.61 Å². The molecule has 0 aliphatic carbocycles. The monoisotopic (exact) mass is 436 g/mol. The Balaban J connectivity index is 1.70. The normalized spacial score (nSPS) is 11.2. The Bertz CT molecular complexity index is 983. The highest BCUT2D eigenvalue weighted by Crippen LogP contribution is 2.35. The van der Waals surface area contributed by atoms with Gasteiger partial charge in [-0.2, -0.15) is 0 Å². The van der Waals surface area contributed by atoms with Gasteiger partial charge < -0.3 is 9.15 Å². The van der Waals surface area contributed by atoms with Crippen molar-refractivity contribution < 1.29 is 9.15 Å². The molecule has 0 unspecified atom stereocenters. The second-order valence-corrected chi connectivity index (χ2v) is 6.50. The number of halogens is 2. The molecule has 0 fully saturated rings. The number of nitrogens with zero attached hydrogens (tertiary/aromatic N) is 2. The molecule has 23 heavy (non-hydrogen) atoms. The number of hydrogen-bond acceptors (Lipinski definition) is 4. The lowest BCUT2D eigenvalue weighted by atomic mass is 10.2. The fourth-order valence-corrected chi connectivity index (χ4v) is 3.57. The van der Waals surface area contributed by atoms with E-state index in [2.05, 4.69) is 32.6 Å². The van der Waals surface area contributed by atoms with E-state index in [9.17, 15) is 0 Å². The summed E-state index contributed by atoms with van der Waals surface area (Å²) in [5.41, 5.74) is 2.31. The molecule has 0 spiro atoms. The minimum atomic E-state index is 0.234. The zero-order valence-corrected chi connectivity index (χ0v) is 14.7. The third-order valence-corrected chi connectivity index (χ3v) is 4.54. The van der Waals surface area contributed by atoms with E-state index >= 15 is 0 Å². The first kappa shape index (κ1) is 14.7. The van der Waals surface area contributed by atoms with Crippen LogP contribution in [0.2, 0.25) is 5.02 Å². The van der Waals surface area contributed by atoms with E-state index in [1.54, 1.807) is 6.20 Å². The number of oxazole rings is 1. The summed E-state index contributed by atoms with van der Waals surface area (Å²) in [4.78, 5) is 8.81. The van der Waals surface area contributed by atoms with Gasteiger partial charge in [0.15, 0.2) is 17.9 Å². The molecular formula is C17H10ClIN2O2. The van der Waals surface area contributed by atoms with Crippen molar-refractivity contribution in [3.8, 4) is 5.75 Å². The van der Waals surface area contributed by atoms with Crippen molar-refractivity contribution in [3.05, 3.63) is 63.1 Å². The van der Waals surface area contributed by atoms with Gasteiger partial charge >= 0.3 is 0 Å². The molecule has 0 N–H and O–H groups in total. The van der Waals surface area contributed by atoms with E-state index in [0.29, 0.717) is 16.7 Å². The Morgan fingerprint density at radius 3 is 2.91 bits per heavy atom. The number of ether oxygens (including phenoxy) is 1. The number of pyridine rings is 1. The van der Waals surface area contributed by atoms with E-state index < -0.39 is 0 Å². The van der Waals surface area contributed by atoms with Crippen LogP contribution in [0.4, 0.5) is 0 Å². The Labute approximate surface area is 150 Å². The van der Waals surface area contributed by atoms with E-state index in [-0.39, 0.29) is 6.61 Å². The van der Waals surface area contributed by atoms with Crippen molar-refractivity contribution in [1.29, 1.82) is 0 Å². The van der Waals surface area contributed by atoms with Crippen LogP contribution in [0.25, 0.3) is 22.0 Å². The molecule has 2 aromatic heterocycles. The van der Waals surface area contributed by atoms with Gasteiger partial charge in [0, 0.05) is 11.6 Å². The highest BCUT2D eigenvalue weighted by atomic mass is 127. The quantitative estimate of drug-likeness (QED) is 0.414. The number of para-hydroxylation sites is 2. The van der Waals surface area contributed by atoms with Crippen molar-refractivity contribution >= 4 is 56.2 Å². The molecule has 4 nitrogen and oxygen atoms in total. The summed E-state index contributed by atoms with van der Waals surface area (Å²) in [6.07, 6.45) is 1.72. The molecule has 0 amide bonds. The lowest BCUT2D eigenvalue weighted by molar-refractivity contribution is 0.268. The van der Waals surface area contributed by atoms with E-state index in [0.717, 1.165) is 25.6 Å². The largest absolute Gasteiger partial charge is 0.480 e. The van der Waals surface area contributed by atoms with Gasteiger partial charge in [0.2, 0.25) is 5.89 Å². The van der Waals surface area contributed by atoms with Gasteiger partial charge in [-0.25, -0.2) is 4.98 Å². The molecule has 6 heteroatoms. The van der Waals surface area contributed by atoms with Gasteiger partial charge in [-0.15, -0.1) is 0 Å². The maximum absolute atomic E-state index is 6.27. The number of benzene rings is 2. The summed E-state index contributed by atoms with van der Waals surface area (Å²) in [6, 6.07) is 13.3. The molecule has 2 aromatic carbocycles. The summed E-state index contributed by atoms with van der Waals surface area (Å²) >= 11 is 8.46. The molecule has 4 aromatic rings. The van der Waals surface area contributed by atoms with Gasteiger partial charge in [0.05, 0.1) is 8.59 Å². The fraction of sp³-hybridized carbons (Fsp3) is 0.0588. The number of aromatic nitrogens is 2.